The van der Waals surface area contributed by atoms with Gasteiger partial charge in [-0.25, -0.2) is 0 Å². The Morgan fingerprint density at radius 2 is 2.24 bits per heavy atom. The molecule has 96 valence electrons. The van der Waals surface area contributed by atoms with Crippen molar-refractivity contribution in [2.45, 2.75) is 38.8 Å². The van der Waals surface area contributed by atoms with Gasteiger partial charge in [0.2, 0.25) is 0 Å². The van der Waals surface area contributed by atoms with Crippen molar-refractivity contribution in [1.82, 2.24) is 25.0 Å². The van der Waals surface area contributed by atoms with Crippen LogP contribution in [0.2, 0.25) is 0 Å². The number of fused-ring (bicyclic) bond motifs is 1. The van der Waals surface area contributed by atoms with Crippen molar-refractivity contribution < 1.29 is 0 Å². The summed E-state index contributed by atoms with van der Waals surface area (Å²) in [5, 5.41) is 11.8. The number of hydrogen-bond donors (Lipinski definition) is 1. The molecule has 1 aliphatic heterocycles. The SMILES string of the molecule is CNCCCN(C)Cc1nnc2n1CCCC2. The van der Waals surface area contributed by atoms with Crippen molar-refractivity contribution in [3.63, 3.8) is 0 Å². The Balaban J connectivity index is 1.87. The molecule has 2 heterocycles. The number of aromatic nitrogens is 3. The Morgan fingerprint density at radius 3 is 3.06 bits per heavy atom. The Hall–Kier alpha value is -0.940. The van der Waals surface area contributed by atoms with E-state index in [1.807, 2.05) is 7.05 Å². The first kappa shape index (κ1) is 12.5. The molecule has 5 nitrogen and oxygen atoms in total. The van der Waals surface area contributed by atoms with Crippen LogP contribution in [-0.4, -0.2) is 46.8 Å². The largest absolute Gasteiger partial charge is 0.320 e. The number of nitrogens with one attached hydrogen (secondary N) is 1. The van der Waals surface area contributed by atoms with E-state index < -0.39 is 0 Å². The first-order valence-electron chi connectivity index (χ1n) is 6.55. The maximum Gasteiger partial charge on any atom is 0.147 e. The van der Waals surface area contributed by atoms with Crippen LogP contribution in [0.4, 0.5) is 0 Å². The Labute approximate surface area is 103 Å². The molecule has 0 amide bonds. The molecule has 1 aromatic rings. The van der Waals surface area contributed by atoms with Crippen molar-refractivity contribution in [3.8, 4) is 0 Å². The van der Waals surface area contributed by atoms with Crippen LogP contribution in [0.3, 0.4) is 0 Å². The van der Waals surface area contributed by atoms with Gasteiger partial charge in [-0.05, 0) is 46.4 Å². The Bertz CT molecular complexity index is 347. The van der Waals surface area contributed by atoms with E-state index >= 15 is 0 Å². The molecule has 0 radical (unpaired) electrons. The van der Waals surface area contributed by atoms with E-state index in [0.29, 0.717) is 0 Å². The fraction of sp³-hybridized carbons (Fsp3) is 0.833. The molecule has 0 spiro atoms. The summed E-state index contributed by atoms with van der Waals surface area (Å²) >= 11 is 0. The first-order chi connectivity index (χ1) is 8.31. The van der Waals surface area contributed by atoms with Crippen molar-refractivity contribution in [2.24, 2.45) is 0 Å². The van der Waals surface area contributed by atoms with Gasteiger partial charge in [-0.15, -0.1) is 10.2 Å². The minimum Gasteiger partial charge on any atom is -0.320 e. The van der Waals surface area contributed by atoms with Gasteiger partial charge in [-0.1, -0.05) is 0 Å². The molecule has 0 aromatic carbocycles. The topological polar surface area (TPSA) is 46.0 Å². The van der Waals surface area contributed by atoms with E-state index in [-0.39, 0.29) is 0 Å². The lowest BCUT2D eigenvalue weighted by atomic mass is 10.2. The molecule has 0 atom stereocenters. The molecule has 0 unspecified atom stereocenters. The van der Waals surface area contributed by atoms with Gasteiger partial charge in [-0.3, -0.25) is 4.90 Å². The van der Waals surface area contributed by atoms with Crippen LogP contribution in [0.1, 0.15) is 30.9 Å². The standard InChI is InChI=1S/C12H23N5/c1-13-7-5-8-16(2)10-12-15-14-11-6-3-4-9-17(11)12/h13H,3-10H2,1-2H3. The Kier molecular flexibility index (Phi) is 4.50. The van der Waals surface area contributed by atoms with E-state index in [1.54, 1.807) is 0 Å². The van der Waals surface area contributed by atoms with Crippen LogP contribution in [-0.2, 0) is 19.5 Å². The summed E-state index contributed by atoms with van der Waals surface area (Å²) in [6.07, 6.45) is 4.79. The van der Waals surface area contributed by atoms with Crippen LogP contribution in [0.25, 0.3) is 0 Å². The lowest BCUT2D eigenvalue weighted by molar-refractivity contribution is 0.304. The van der Waals surface area contributed by atoms with E-state index in [9.17, 15) is 0 Å². The third kappa shape index (κ3) is 3.26. The normalized spacial score (nSPS) is 15.2. The van der Waals surface area contributed by atoms with Crippen LogP contribution >= 0.6 is 0 Å². The van der Waals surface area contributed by atoms with E-state index in [1.165, 1.54) is 25.1 Å². The summed E-state index contributed by atoms with van der Waals surface area (Å²) in [6.45, 7) is 4.18. The zero-order chi connectivity index (χ0) is 12.1. The first-order valence-corrected chi connectivity index (χ1v) is 6.55. The van der Waals surface area contributed by atoms with Crippen molar-refractivity contribution in [1.29, 1.82) is 0 Å². The highest BCUT2D eigenvalue weighted by Gasteiger charge is 2.16. The second-order valence-electron chi connectivity index (χ2n) is 4.84. The number of nitrogens with zero attached hydrogens (tertiary/aromatic N) is 4. The third-order valence-corrected chi connectivity index (χ3v) is 3.31. The molecule has 2 rings (SSSR count). The van der Waals surface area contributed by atoms with Gasteiger partial charge >= 0.3 is 0 Å². The minimum atomic E-state index is 0.913. The average Bonchev–Trinajstić information content (AvgIpc) is 2.73. The zero-order valence-corrected chi connectivity index (χ0v) is 10.9. The smallest absolute Gasteiger partial charge is 0.147 e. The Morgan fingerprint density at radius 1 is 1.35 bits per heavy atom. The quantitative estimate of drug-likeness (QED) is 0.738. The minimum absolute atomic E-state index is 0.913. The summed E-state index contributed by atoms with van der Waals surface area (Å²) in [7, 11) is 4.15. The summed E-state index contributed by atoms with van der Waals surface area (Å²) in [4.78, 5) is 2.32. The lowest BCUT2D eigenvalue weighted by Crippen LogP contribution is -2.25. The number of aryl methyl sites for hydroxylation is 1. The van der Waals surface area contributed by atoms with Crippen LogP contribution in [0.5, 0.6) is 0 Å². The number of hydrogen-bond acceptors (Lipinski definition) is 4. The molecule has 0 aliphatic carbocycles. The number of rotatable bonds is 6. The maximum atomic E-state index is 4.32. The van der Waals surface area contributed by atoms with Gasteiger partial charge in [0.1, 0.15) is 11.6 Å². The highest BCUT2D eigenvalue weighted by molar-refractivity contribution is 4.98. The fourth-order valence-corrected chi connectivity index (χ4v) is 2.33. The predicted octanol–water partition coefficient (Wildman–Crippen LogP) is 0.656. The monoisotopic (exact) mass is 237 g/mol. The van der Waals surface area contributed by atoms with E-state index in [2.05, 4.69) is 32.0 Å². The van der Waals surface area contributed by atoms with Crippen molar-refractivity contribution in [2.75, 3.05) is 27.2 Å². The highest BCUT2D eigenvalue weighted by atomic mass is 15.3. The highest BCUT2D eigenvalue weighted by Crippen LogP contribution is 2.14. The molecule has 1 aliphatic rings. The maximum absolute atomic E-state index is 4.32. The van der Waals surface area contributed by atoms with E-state index in [0.717, 1.165) is 38.4 Å². The van der Waals surface area contributed by atoms with Crippen LogP contribution in [0.15, 0.2) is 0 Å². The van der Waals surface area contributed by atoms with Gasteiger partial charge in [0.15, 0.2) is 0 Å². The zero-order valence-electron chi connectivity index (χ0n) is 10.9. The second-order valence-corrected chi connectivity index (χ2v) is 4.84. The molecule has 0 saturated carbocycles. The molecule has 0 saturated heterocycles. The van der Waals surface area contributed by atoms with Gasteiger partial charge in [-0.2, -0.15) is 0 Å². The molecule has 17 heavy (non-hydrogen) atoms. The van der Waals surface area contributed by atoms with Crippen LogP contribution in [0, 0.1) is 0 Å². The fourth-order valence-electron chi connectivity index (χ4n) is 2.33. The third-order valence-electron chi connectivity index (χ3n) is 3.31. The van der Waals surface area contributed by atoms with Gasteiger partial charge < -0.3 is 9.88 Å². The summed E-state index contributed by atoms with van der Waals surface area (Å²) in [6, 6.07) is 0. The van der Waals surface area contributed by atoms with E-state index in [4.69, 9.17) is 0 Å². The molecular weight excluding hydrogens is 214 g/mol. The molecule has 0 fully saturated rings. The van der Waals surface area contributed by atoms with Gasteiger partial charge in [0, 0.05) is 13.0 Å². The lowest BCUT2D eigenvalue weighted by Gasteiger charge is -2.19. The average molecular weight is 237 g/mol. The molecule has 5 heteroatoms. The molecule has 1 N–H and O–H groups in total. The predicted molar refractivity (Wildman–Crippen MR) is 67.8 cm³/mol. The summed E-state index contributed by atoms with van der Waals surface area (Å²) in [5.74, 6) is 2.31. The van der Waals surface area contributed by atoms with Crippen molar-refractivity contribution in [3.05, 3.63) is 11.6 Å². The summed E-state index contributed by atoms with van der Waals surface area (Å²) < 4.78 is 2.30. The molecule has 0 bridgehead atoms. The van der Waals surface area contributed by atoms with Gasteiger partial charge in [0.25, 0.3) is 0 Å². The van der Waals surface area contributed by atoms with Crippen LogP contribution < -0.4 is 5.32 Å². The summed E-state index contributed by atoms with van der Waals surface area (Å²) in [5.41, 5.74) is 0. The molecular formula is C12H23N5. The second kappa shape index (κ2) is 6.12. The van der Waals surface area contributed by atoms with Crippen molar-refractivity contribution >= 4 is 0 Å². The van der Waals surface area contributed by atoms with Gasteiger partial charge in [0.05, 0.1) is 6.54 Å². The molecule has 1 aromatic heterocycles.